The number of halogens is 1. The monoisotopic (exact) mass is 610 g/mol. The lowest BCUT2D eigenvalue weighted by Crippen LogP contribution is -2.40. The molecule has 0 spiro atoms. The maximum atomic E-state index is 13.9. The fraction of sp³-hybridized carbons (Fsp3) is 0.179. The summed E-state index contributed by atoms with van der Waals surface area (Å²) in [6, 6.07) is 17.9. The van der Waals surface area contributed by atoms with Crippen molar-refractivity contribution in [3.63, 3.8) is 0 Å². The number of ether oxygens (including phenoxy) is 3. The van der Waals surface area contributed by atoms with Crippen LogP contribution in [0, 0.1) is 0 Å². The Labute approximate surface area is 235 Å². The fourth-order valence-corrected chi connectivity index (χ4v) is 6.75. The molecule has 2 aromatic carbocycles. The summed E-state index contributed by atoms with van der Waals surface area (Å²) in [5.74, 6) is 0.486. The molecule has 0 bridgehead atoms. The molecular formula is C28H23BrN2O5S2. The summed E-state index contributed by atoms with van der Waals surface area (Å²) < 4.78 is 19.5. The van der Waals surface area contributed by atoms with Gasteiger partial charge < -0.3 is 14.2 Å². The van der Waals surface area contributed by atoms with Crippen LogP contribution in [0.15, 0.2) is 79.8 Å². The third-order valence-corrected chi connectivity index (χ3v) is 8.52. The second-order valence-corrected chi connectivity index (χ2v) is 11.7. The standard InChI is InChI=1S/C28H23BrN2O5S2/c1-4-36-27(33)23-24(16-8-6-5-7-9-16)30-28-31(25(23)17-10-12-19(34-2)20(14-17)35-3)26(32)21(38-28)15-18-11-13-22(29)37-18/h5-15,25H,4H2,1-3H3/b21-15+/t25-/m0/s1. The van der Waals surface area contributed by atoms with Crippen LogP contribution in [0.1, 0.15) is 29.0 Å². The number of esters is 1. The topological polar surface area (TPSA) is 79.1 Å². The Morgan fingerprint density at radius 3 is 2.47 bits per heavy atom. The van der Waals surface area contributed by atoms with Gasteiger partial charge in [-0.3, -0.25) is 9.36 Å². The van der Waals surface area contributed by atoms with Crippen LogP contribution in [0.2, 0.25) is 0 Å². The van der Waals surface area contributed by atoms with E-state index >= 15 is 0 Å². The normalized spacial score (nSPS) is 15.2. The second kappa shape index (κ2) is 11.1. The summed E-state index contributed by atoms with van der Waals surface area (Å²) in [6.07, 6.45) is 1.85. The molecule has 1 aliphatic heterocycles. The van der Waals surface area contributed by atoms with Gasteiger partial charge in [0.1, 0.15) is 0 Å². The predicted molar refractivity (Wildman–Crippen MR) is 153 cm³/mol. The Morgan fingerprint density at radius 2 is 1.82 bits per heavy atom. The number of benzene rings is 2. The number of rotatable bonds is 7. The predicted octanol–water partition coefficient (Wildman–Crippen LogP) is 4.78. The first-order valence-corrected chi connectivity index (χ1v) is 14.1. The zero-order chi connectivity index (χ0) is 26.8. The summed E-state index contributed by atoms with van der Waals surface area (Å²) in [5, 5.41) is 0. The second-order valence-electron chi connectivity index (χ2n) is 8.19. The van der Waals surface area contributed by atoms with Crippen LogP contribution < -0.4 is 24.4 Å². The quantitative estimate of drug-likeness (QED) is 0.281. The first kappa shape index (κ1) is 26.1. The van der Waals surface area contributed by atoms with Crippen LogP contribution in [-0.2, 0) is 9.53 Å². The summed E-state index contributed by atoms with van der Waals surface area (Å²) in [7, 11) is 3.10. The van der Waals surface area contributed by atoms with Crippen LogP contribution in [0.25, 0.3) is 11.8 Å². The van der Waals surface area contributed by atoms with E-state index in [1.54, 1.807) is 37.8 Å². The Morgan fingerprint density at radius 1 is 1.05 bits per heavy atom. The SMILES string of the molecule is CCOC(=O)C1=C(c2ccccc2)N=c2s/c(=C/c3ccc(Br)s3)c(=O)n2[C@H]1c1ccc(OC)c(OC)c1. The minimum absolute atomic E-state index is 0.181. The van der Waals surface area contributed by atoms with E-state index in [2.05, 4.69) is 15.9 Å². The van der Waals surface area contributed by atoms with Crippen molar-refractivity contribution in [1.82, 2.24) is 4.57 Å². The maximum absolute atomic E-state index is 13.9. The van der Waals surface area contributed by atoms with Crippen molar-refractivity contribution in [2.45, 2.75) is 13.0 Å². The fourth-order valence-electron chi connectivity index (χ4n) is 4.31. The number of hydrogen-bond donors (Lipinski definition) is 0. The minimum Gasteiger partial charge on any atom is -0.493 e. The molecule has 0 saturated heterocycles. The molecular weight excluding hydrogens is 588 g/mol. The molecule has 0 fully saturated rings. The number of thiophene rings is 1. The molecule has 4 aromatic rings. The van der Waals surface area contributed by atoms with Gasteiger partial charge >= 0.3 is 5.97 Å². The van der Waals surface area contributed by atoms with Crippen LogP contribution in [-0.4, -0.2) is 31.4 Å². The molecule has 1 aliphatic rings. The molecule has 2 aromatic heterocycles. The number of fused-ring (bicyclic) bond motifs is 1. The summed E-state index contributed by atoms with van der Waals surface area (Å²) in [6.45, 7) is 1.93. The minimum atomic E-state index is -0.794. The van der Waals surface area contributed by atoms with Gasteiger partial charge in [-0.25, -0.2) is 9.79 Å². The van der Waals surface area contributed by atoms with Crippen molar-refractivity contribution >= 4 is 56.3 Å². The largest absolute Gasteiger partial charge is 0.493 e. The molecule has 7 nitrogen and oxygen atoms in total. The molecule has 1 atom stereocenters. The van der Waals surface area contributed by atoms with Gasteiger partial charge in [-0.05, 0) is 58.8 Å². The van der Waals surface area contributed by atoms with Crippen molar-refractivity contribution in [1.29, 1.82) is 0 Å². The van der Waals surface area contributed by atoms with Crippen molar-refractivity contribution in [2.75, 3.05) is 20.8 Å². The van der Waals surface area contributed by atoms with Crippen molar-refractivity contribution in [2.24, 2.45) is 4.99 Å². The number of nitrogens with zero attached hydrogens (tertiary/aromatic N) is 2. The van der Waals surface area contributed by atoms with E-state index in [9.17, 15) is 9.59 Å². The van der Waals surface area contributed by atoms with E-state index in [-0.39, 0.29) is 17.7 Å². The third-order valence-electron chi connectivity index (χ3n) is 5.96. The van der Waals surface area contributed by atoms with Crippen LogP contribution in [0.4, 0.5) is 0 Å². The van der Waals surface area contributed by atoms with E-state index in [1.807, 2.05) is 54.6 Å². The molecule has 10 heteroatoms. The molecule has 0 aliphatic carbocycles. The molecule has 38 heavy (non-hydrogen) atoms. The van der Waals surface area contributed by atoms with E-state index in [4.69, 9.17) is 19.2 Å². The lowest BCUT2D eigenvalue weighted by atomic mass is 9.93. The zero-order valence-electron chi connectivity index (χ0n) is 20.8. The molecule has 0 N–H and O–H groups in total. The number of hydrogen-bond acceptors (Lipinski definition) is 8. The van der Waals surface area contributed by atoms with Gasteiger partial charge in [0.2, 0.25) is 0 Å². The molecule has 0 saturated carbocycles. The van der Waals surface area contributed by atoms with Gasteiger partial charge in [0, 0.05) is 10.4 Å². The number of carbonyl (C=O) groups excluding carboxylic acids is 1. The Bertz CT molecular complexity index is 1720. The molecule has 0 unspecified atom stereocenters. The van der Waals surface area contributed by atoms with E-state index in [0.29, 0.717) is 32.1 Å². The van der Waals surface area contributed by atoms with Gasteiger partial charge in [-0.1, -0.05) is 47.7 Å². The average Bonchev–Trinajstić information content (AvgIpc) is 3.49. The Balaban J connectivity index is 1.85. The smallest absolute Gasteiger partial charge is 0.338 e. The van der Waals surface area contributed by atoms with Gasteiger partial charge in [0.25, 0.3) is 5.56 Å². The zero-order valence-corrected chi connectivity index (χ0v) is 24.0. The maximum Gasteiger partial charge on any atom is 0.338 e. The average molecular weight is 612 g/mol. The highest BCUT2D eigenvalue weighted by Gasteiger charge is 2.35. The first-order chi connectivity index (χ1) is 18.4. The molecule has 194 valence electrons. The molecule has 0 amide bonds. The first-order valence-electron chi connectivity index (χ1n) is 11.7. The summed E-state index contributed by atoms with van der Waals surface area (Å²) >= 11 is 6.29. The number of aromatic nitrogens is 1. The van der Waals surface area contributed by atoms with Gasteiger partial charge in [0.15, 0.2) is 16.3 Å². The lowest BCUT2D eigenvalue weighted by molar-refractivity contribution is -0.138. The number of thiazole rings is 1. The third kappa shape index (κ3) is 4.87. The highest BCUT2D eigenvalue weighted by Crippen LogP contribution is 2.38. The van der Waals surface area contributed by atoms with Gasteiger partial charge in [-0.15, -0.1) is 11.3 Å². The highest BCUT2D eigenvalue weighted by molar-refractivity contribution is 9.11. The van der Waals surface area contributed by atoms with Crippen molar-refractivity contribution < 1.29 is 19.0 Å². The van der Waals surface area contributed by atoms with E-state index in [1.165, 1.54) is 22.7 Å². The van der Waals surface area contributed by atoms with Crippen LogP contribution in [0.5, 0.6) is 11.5 Å². The molecule has 5 rings (SSSR count). The van der Waals surface area contributed by atoms with Crippen molar-refractivity contribution in [3.8, 4) is 11.5 Å². The van der Waals surface area contributed by atoms with E-state index in [0.717, 1.165) is 14.2 Å². The van der Waals surface area contributed by atoms with Gasteiger partial charge in [0.05, 0.1) is 46.5 Å². The Kier molecular flexibility index (Phi) is 7.64. The van der Waals surface area contributed by atoms with E-state index < -0.39 is 12.0 Å². The summed E-state index contributed by atoms with van der Waals surface area (Å²) in [5.41, 5.74) is 1.92. The number of methoxy groups -OCH3 is 2. The highest BCUT2D eigenvalue weighted by atomic mass is 79.9. The van der Waals surface area contributed by atoms with Crippen LogP contribution in [0.3, 0.4) is 0 Å². The summed E-state index contributed by atoms with van der Waals surface area (Å²) in [4.78, 5) is 33.7. The molecule has 0 radical (unpaired) electrons. The lowest BCUT2D eigenvalue weighted by Gasteiger charge is -2.26. The van der Waals surface area contributed by atoms with Crippen LogP contribution >= 0.6 is 38.6 Å². The number of carbonyl (C=O) groups is 1. The molecule has 3 heterocycles. The Hall–Kier alpha value is -3.47. The van der Waals surface area contributed by atoms with Gasteiger partial charge in [-0.2, -0.15) is 0 Å². The van der Waals surface area contributed by atoms with Crippen molar-refractivity contribution in [3.05, 3.63) is 106 Å².